The van der Waals surface area contributed by atoms with Crippen LogP contribution in [0.4, 0.5) is 4.79 Å². The molecule has 6 heteroatoms. The van der Waals surface area contributed by atoms with Crippen molar-refractivity contribution in [2.75, 3.05) is 7.11 Å². The van der Waals surface area contributed by atoms with E-state index in [4.69, 9.17) is 13.9 Å². The summed E-state index contributed by atoms with van der Waals surface area (Å²) in [5.74, 6) is 0.799. The zero-order chi connectivity index (χ0) is 26.6. The Labute approximate surface area is 222 Å². The average Bonchev–Trinajstić information content (AvgIpc) is 3.15. The highest BCUT2D eigenvalue weighted by atomic mass is 28.4. The quantitative estimate of drug-likeness (QED) is 0.339. The summed E-state index contributed by atoms with van der Waals surface area (Å²) in [6, 6.07) is 29.0. The molecule has 1 amide bonds. The topological polar surface area (TPSA) is 48.0 Å². The van der Waals surface area contributed by atoms with Crippen molar-refractivity contribution in [1.82, 2.24) is 4.90 Å². The van der Waals surface area contributed by atoms with E-state index in [2.05, 4.69) is 95.3 Å². The Kier molecular flexibility index (Phi) is 8.10. The molecule has 3 aromatic carbocycles. The van der Waals surface area contributed by atoms with Gasteiger partial charge in [0, 0.05) is 19.1 Å². The van der Waals surface area contributed by atoms with Gasteiger partial charge in [0.05, 0.1) is 13.2 Å². The third-order valence-corrected chi connectivity index (χ3v) is 12.5. The summed E-state index contributed by atoms with van der Waals surface area (Å²) in [6.07, 6.45) is 0.0219. The molecule has 0 radical (unpaired) electrons. The molecule has 3 aromatic rings. The molecule has 1 saturated heterocycles. The predicted octanol–water partition coefficient (Wildman–Crippen LogP) is 5.76. The molecule has 4 rings (SSSR count). The van der Waals surface area contributed by atoms with Crippen LogP contribution in [0.1, 0.15) is 46.6 Å². The maximum absolute atomic E-state index is 12.8. The highest BCUT2D eigenvalue weighted by Gasteiger charge is 2.51. The predicted molar refractivity (Wildman–Crippen MR) is 151 cm³/mol. The molecule has 1 aliphatic rings. The number of amides is 1. The molecular formula is C31H39NO4Si. The van der Waals surface area contributed by atoms with Gasteiger partial charge in [0.1, 0.15) is 11.9 Å². The number of cyclic esters (lactones) is 1. The Bertz CT molecular complexity index is 1120. The lowest BCUT2D eigenvalue weighted by Crippen LogP contribution is -2.67. The zero-order valence-corrected chi connectivity index (χ0v) is 23.8. The van der Waals surface area contributed by atoms with Crippen molar-refractivity contribution in [2.45, 2.75) is 70.9 Å². The summed E-state index contributed by atoms with van der Waals surface area (Å²) in [4.78, 5) is 14.6. The van der Waals surface area contributed by atoms with Crippen molar-refractivity contribution in [3.63, 3.8) is 0 Å². The van der Waals surface area contributed by atoms with Gasteiger partial charge < -0.3 is 13.9 Å². The Morgan fingerprint density at radius 2 is 1.46 bits per heavy atom. The number of hydrogen-bond donors (Lipinski definition) is 0. The molecule has 196 valence electrons. The van der Waals surface area contributed by atoms with E-state index in [9.17, 15) is 4.79 Å². The molecule has 0 aromatic heterocycles. The van der Waals surface area contributed by atoms with Crippen molar-refractivity contribution in [1.29, 1.82) is 0 Å². The van der Waals surface area contributed by atoms with Crippen molar-refractivity contribution >= 4 is 24.8 Å². The summed E-state index contributed by atoms with van der Waals surface area (Å²) in [7, 11) is -1.03. The first kappa shape index (κ1) is 27.0. The van der Waals surface area contributed by atoms with Gasteiger partial charge in [0.15, 0.2) is 0 Å². The number of methoxy groups -OCH3 is 1. The second-order valence-electron chi connectivity index (χ2n) is 11.0. The molecule has 3 atom stereocenters. The van der Waals surface area contributed by atoms with Crippen LogP contribution in [-0.4, -0.2) is 44.7 Å². The van der Waals surface area contributed by atoms with Gasteiger partial charge in [0.2, 0.25) is 0 Å². The van der Waals surface area contributed by atoms with Gasteiger partial charge in [-0.3, -0.25) is 4.90 Å². The molecule has 0 aliphatic carbocycles. The van der Waals surface area contributed by atoms with E-state index in [1.807, 2.05) is 29.2 Å². The fraction of sp³-hybridized carbons (Fsp3) is 0.387. The third kappa shape index (κ3) is 5.60. The highest BCUT2D eigenvalue weighted by molar-refractivity contribution is 6.99. The van der Waals surface area contributed by atoms with Gasteiger partial charge in [-0.2, -0.15) is 0 Å². The van der Waals surface area contributed by atoms with E-state index < -0.39 is 8.32 Å². The Morgan fingerprint density at radius 1 is 0.919 bits per heavy atom. The second kappa shape index (κ2) is 11.1. The van der Waals surface area contributed by atoms with Gasteiger partial charge in [0.25, 0.3) is 8.32 Å². The first-order valence-corrected chi connectivity index (χ1v) is 15.0. The molecule has 0 saturated carbocycles. The van der Waals surface area contributed by atoms with Crippen molar-refractivity contribution in [2.24, 2.45) is 0 Å². The van der Waals surface area contributed by atoms with Crippen LogP contribution in [0.25, 0.3) is 0 Å². The number of benzene rings is 3. The van der Waals surface area contributed by atoms with Crippen LogP contribution in [0, 0.1) is 0 Å². The first-order chi connectivity index (χ1) is 17.7. The summed E-state index contributed by atoms with van der Waals surface area (Å²) in [5, 5.41) is 2.39. The number of ether oxygens (including phenoxy) is 2. The van der Waals surface area contributed by atoms with Crippen molar-refractivity contribution in [3.05, 3.63) is 90.5 Å². The van der Waals surface area contributed by atoms with Gasteiger partial charge in [-0.25, -0.2) is 4.79 Å². The average molecular weight is 518 g/mol. The smallest absolute Gasteiger partial charge is 0.410 e. The van der Waals surface area contributed by atoms with E-state index in [0.29, 0.717) is 13.0 Å². The number of carbonyl (C=O) groups excluding carboxylic acids is 1. The van der Waals surface area contributed by atoms with Crippen LogP contribution < -0.4 is 15.1 Å². The Hall–Kier alpha value is -3.09. The maximum Gasteiger partial charge on any atom is 0.410 e. The molecule has 1 fully saturated rings. The van der Waals surface area contributed by atoms with Crippen LogP contribution in [0.15, 0.2) is 84.9 Å². The van der Waals surface area contributed by atoms with Crippen LogP contribution in [0.3, 0.4) is 0 Å². The van der Waals surface area contributed by atoms with Gasteiger partial charge in [-0.15, -0.1) is 0 Å². The fourth-order valence-electron chi connectivity index (χ4n) is 5.41. The largest absolute Gasteiger partial charge is 0.497 e. The number of carbonyl (C=O) groups is 1. The lowest BCUT2D eigenvalue weighted by atomic mass is 10.1. The van der Waals surface area contributed by atoms with Gasteiger partial charge in [-0.05, 0) is 47.0 Å². The van der Waals surface area contributed by atoms with Crippen LogP contribution >= 0.6 is 0 Å². The summed E-state index contributed by atoms with van der Waals surface area (Å²) in [6.45, 7) is 11.5. The minimum Gasteiger partial charge on any atom is -0.497 e. The fourth-order valence-corrected chi connectivity index (χ4v) is 10.1. The van der Waals surface area contributed by atoms with Crippen LogP contribution in [0.5, 0.6) is 5.75 Å². The van der Waals surface area contributed by atoms with Crippen molar-refractivity contribution < 1.29 is 18.7 Å². The SMILES string of the molecule is COc1ccc(CN2C(=O)O[C@@H](C[C@H](C)O[Si](c3ccccc3)(c3ccccc3)C(C)(C)C)[C@@H]2C)cc1. The summed E-state index contributed by atoms with van der Waals surface area (Å²) >= 11 is 0. The lowest BCUT2D eigenvalue weighted by molar-refractivity contribution is 0.0890. The molecule has 1 aliphatic heterocycles. The van der Waals surface area contributed by atoms with Crippen molar-refractivity contribution in [3.8, 4) is 5.75 Å². The number of nitrogens with zero attached hydrogens (tertiary/aromatic N) is 1. The Morgan fingerprint density at radius 3 is 1.95 bits per heavy atom. The van der Waals surface area contributed by atoms with E-state index in [1.54, 1.807) is 7.11 Å². The molecule has 0 unspecified atom stereocenters. The second-order valence-corrected chi connectivity index (χ2v) is 15.2. The summed E-state index contributed by atoms with van der Waals surface area (Å²) < 4.78 is 18.4. The number of hydrogen-bond acceptors (Lipinski definition) is 4. The monoisotopic (exact) mass is 517 g/mol. The maximum atomic E-state index is 12.8. The zero-order valence-electron chi connectivity index (χ0n) is 22.8. The first-order valence-electron chi connectivity index (χ1n) is 13.0. The normalized spacial score (nSPS) is 19.0. The van der Waals surface area contributed by atoms with Crippen LogP contribution in [0.2, 0.25) is 5.04 Å². The standard InChI is InChI=1S/C31H39NO4Si/c1-23(21-29-24(2)32(30(33)35-29)22-25-17-19-26(34-6)20-18-25)36-37(31(3,4)5,27-13-9-7-10-14-27)28-15-11-8-12-16-28/h7-20,23-24,29H,21-22H2,1-6H3/t23-,24-,29-/m0/s1. The minimum absolute atomic E-state index is 0.0557. The molecule has 0 spiro atoms. The minimum atomic E-state index is -2.68. The van der Waals surface area contributed by atoms with Gasteiger partial charge >= 0.3 is 6.09 Å². The molecule has 5 nitrogen and oxygen atoms in total. The lowest BCUT2D eigenvalue weighted by Gasteiger charge is -2.45. The number of rotatable bonds is 9. The summed E-state index contributed by atoms with van der Waals surface area (Å²) in [5.41, 5.74) is 1.04. The molecular weight excluding hydrogens is 478 g/mol. The van der Waals surface area contributed by atoms with E-state index in [1.165, 1.54) is 10.4 Å². The molecule has 37 heavy (non-hydrogen) atoms. The van der Waals surface area contributed by atoms with Crippen LogP contribution in [-0.2, 0) is 15.7 Å². The van der Waals surface area contributed by atoms with Gasteiger partial charge in [-0.1, -0.05) is 93.6 Å². The molecule has 0 N–H and O–H groups in total. The van der Waals surface area contributed by atoms with E-state index >= 15 is 0 Å². The van der Waals surface area contributed by atoms with E-state index in [-0.39, 0.29) is 29.4 Å². The molecule has 1 heterocycles. The highest BCUT2D eigenvalue weighted by Crippen LogP contribution is 2.38. The third-order valence-electron chi connectivity index (χ3n) is 7.39. The Balaban J connectivity index is 1.55. The van der Waals surface area contributed by atoms with E-state index in [0.717, 1.165) is 11.3 Å². The molecule has 0 bridgehead atoms.